The van der Waals surface area contributed by atoms with E-state index in [0.29, 0.717) is 5.92 Å². The van der Waals surface area contributed by atoms with Crippen LogP contribution in [0.3, 0.4) is 0 Å². The highest BCUT2D eigenvalue weighted by Crippen LogP contribution is 2.31. The van der Waals surface area contributed by atoms with Crippen LogP contribution in [0, 0.1) is 12.8 Å². The maximum atomic E-state index is 5.04. The Kier molecular flexibility index (Phi) is 4.25. The van der Waals surface area contributed by atoms with Crippen LogP contribution in [0.1, 0.15) is 30.2 Å². The van der Waals surface area contributed by atoms with Crippen LogP contribution in [0.15, 0.2) is 33.9 Å². The second-order valence-corrected chi connectivity index (χ2v) is 6.65. The predicted molar refractivity (Wildman–Crippen MR) is 90.9 cm³/mol. The van der Waals surface area contributed by atoms with Gasteiger partial charge in [-0.3, -0.25) is 0 Å². The van der Waals surface area contributed by atoms with Crippen molar-refractivity contribution in [1.82, 2.24) is 10.2 Å². The van der Waals surface area contributed by atoms with Gasteiger partial charge in [0.15, 0.2) is 0 Å². The lowest BCUT2D eigenvalue weighted by atomic mass is 9.84. The highest BCUT2D eigenvalue weighted by atomic mass is 79.9. The summed E-state index contributed by atoms with van der Waals surface area (Å²) in [5.74, 6) is 0.508. The van der Waals surface area contributed by atoms with E-state index in [1.165, 1.54) is 0 Å². The Bertz CT molecular complexity index is 725. The number of oxime groups is 1. The zero-order chi connectivity index (χ0) is 15.7. The molecule has 0 amide bonds. The average Bonchev–Trinajstić information content (AvgIpc) is 2.48. The minimum absolute atomic E-state index is 0.508. The Hall–Kier alpha value is -1.75. The minimum Gasteiger partial charge on any atom is -0.399 e. The number of benzene rings is 1. The third-order valence-electron chi connectivity index (χ3n) is 3.98. The first-order valence-electron chi connectivity index (χ1n) is 7.32. The van der Waals surface area contributed by atoms with Crippen LogP contribution in [0.4, 0.5) is 0 Å². The summed E-state index contributed by atoms with van der Waals surface area (Å²) < 4.78 is 1.05. The van der Waals surface area contributed by atoms with Crippen LogP contribution in [0.2, 0.25) is 0 Å². The van der Waals surface area contributed by atoms with Gasteiger partial charge in [-0.15, -0.1) is 5.10 Å². The average molecular weight is 360 g/mol. The number of rotatable bonds is 2. The monoisotopic (exact) mass is 359 g/mol. The SMILES string of the molecule is CON=C1CC(C)Cc2nnc(-c3ccc(Br)cc3)c(C)c21. The van der Waals surface area contributed by atoms with Gasteiger partial charge in [-0.05, 0) is 43.4 Å². The third-order valence-corrected chi connectivity index (χ3v) is 4.51. The number of hydrogen-bond acceptors (Lipinski definition) is 4. The van der Waals surface area contributed by atoms with Crippen molar-refractivity contribution in [2.45, 2.75) is 26.7 Å². The standard InChI is InChI=1S/C17H18BrN3O/c1-10-8-14-16(15(9-10)21-22-3)11(2)17(20-19-14)12-4-6-13(18)7-5-12/h4-7,10H,8-9H2,1-3H3. The van der Waals surface area contributed by atoms with E-state index >= 15 is 0 Å². The molecule has 22 heavy (non-hydrogen) atoms. The van der Waals surface area contributed by atoms with Gasteiger partial charge in [0, 0.05) is 15.6 Å². The molecule has 1 heterocycles. The molecule has 0 saturated heterocycles. The Morgan fingerprint density at radius 3 is 2.59 bits per heavy atom. The van der Waals surface area contributed by atoms with Gasteiger partial charge in [0.2, 0.25) is 0 Å². The van der Waals surface area contributed by atoms with E-state index in [0.717, 1.165) is 51.1 Å². The lowest BCUT2D eigenvalue weighted by Crippen LogP contribution is -2.23. The molecule has 0 fully saturated rings. The van der Waals surface area contributed by atoms with Crippen molar-refractivity contribution in [2.24, 2.45) is 11.1 Å². The fraction of sp³-hybridized carbons (Fsp3) is 0.353. The summed E-state index contributed by atoms with van der Waals surface area (Å²) >= 11 is 3.46. The van der Waals surface area contributed by atoms with Gasteiger partial charge in [0.05, 0.1) is 17.1 Å². The van der Waals surface area contributed by atoms with Crippen LogP contribution in [0.5, 0.6) is 0 Å². The zero-order valence-electron chi connectivity index (χ0n) is 12.9. The van der Waals surface area contributed by atoms with Gasteiger partial charge in [0.25, 0.3) is 0 Å². The molecule has 1 aliphatic carbocycles. The van der Waals surface area contributed by atoms with Gasteiger partial charge >= 0.3 is 0 Å². The maximum absolute atomic E-state index is 5.04. The first-order valence-corrected chi connectivity index (χ1v) is 8.12. The van der Waals surface area contributed by atoms with Crippen LogP contribution in [-0.2, 0) is 11.3 Å². The van der Waals surface area contributed by atoms with Crippen molar-refractivity contribution in [3.05, 3.63) is 45.6 Å². The Morgan fingerprint density at radius 2 is 1.91 bits per heavy atom. The van der Waals surface area contributed by atoms with Crippen LogP contribution in [-0.4, -0.2) is 23.0 Å². The highest BCUT2D eigenvalue weighted by molar-refractivity contribution is 9.10. The summed E-state index contributed by atoms with van der Waals surface area (Å²) in [6.07, 6.45) is 1.85. The molecular formula is C17H18BrN3O. The molecule has 0 saturated carbocycles. The Labute approximate surface area is 138 Å². The minimum atomic E-state index is 0.508. The zero-order valence-corrected chi connectivity index (χ0v) is 14.5. The van der Waals surface area contributed by atoms with E-state index in [1.807, 2.05) is 24.3 Å². The molecule has 1 aliphatic rings. The molecule has 5 heteroatoms. The van der Waals surface area contributed by atoms with Crippen molar-refractivity contribution in [3.63, 3.8) is 0 Å². The van der Waals surface area contributed by atoms with E-state index in [9.17, 15) is 0 Å². The smallest absolute Gasteiger partial charge is 0.106 e. The van der Waals surface area contributed by atoms with Crippen molar-refractivity contribution in [2.75, 3.05) is 7.11 Å². The first-order chi connectivity index (χ1) is 10.6. The van der Waals surface area contributed by atoms with E-state index in [1.54, 1.807) is 7.11 Å². The molecule has 0 spiro atoms. The lowest BCUT2D eigenvalue weighted by Gasteiger charge is -2.23. The molecule has 1 unspecified atom stereocenters. The number of nitrogens with zero attached hydrogens (tertiary/aromatic N) is 3. The largest absolute Gasteiger partial charge is 0.399 e. The summed E-state index contributed by atoms with van der Waals surface area (Å²) in [6.45, 7) is 4.29. The van der Waals surface area contributed by atoms with Gasteiger partial charge in [-0.25, -0.2) is 0 Å². The normalized spacial score (nSPS) is 19.1. The fourth-order valence-electron chi connectivity index (χ4n) is 3.01. The molecule has 0 N–H and O–H groups in total. The molecule has 3 rings (SSSR count). The molecule has 1 atom stereocenters. The fourth-order valence-corrected chi connectivity index (χ4v) is 3.27. The number of aromatic nitrogens is 2. The van der Waals surface area contributed by atoms with Crippen molar-refractivity contribution in [1.29, 1.82) is 0 Å². The molecule has 0 bridgehead atoms. The second-order valence-electron chi connectivity index (χ2n) is 5.74. The summed E-state index contributed by atoms with van der Waals surface area (Å²) in [7, 11) is 1.59. The highest BCUT2D eigenvalue weighted by Gasteiger charge is 2.26. The van der Waals surface area contributed by atoms with Gasteiger partial charge in [0.1, 0.15) is 7.11 Å². The molecule has 114 valence electrons. The van der Waals surface area contributed by atoms with Gasteiger partial charge in [-0.2, -0.15) is 5.10 Å². The molecular weight excluding hydrogens is 342 g/mol. The quantitative estimate of drug-likeness (QED) is 0.756. The molecule has 2 aromatic rings. The van der Waals surface area contributed by atoms with Crippen LogP contribution >= 0.6 is 15.9 Å². The summed E-state index contributed by atoms with van der Waals surface area (Å²) in [5, 5.41) is 13.1. The van der Waals surface area contributed by atoms with E-state index in [4.69, 9.17) is 4.84 Å². The summed E-state index contributed by atoms with van der Waals surface area (Å²) in [6, 6.07) is 8.13. The van der Waals surface area contributed by atoms with E-state index < -0.39 is 0 Å². The Balaban J connectivity index is 2.15. The van der Waals surface area contributed by atoms with E-state index in [-0.39, 0.29) is 0 Å². The summed E-state index contributed by atoms with van der Waals surface area (Å²) in [4.78, 5) is 5.04. The second kappa shape index (κ2) is 6.16. The molecule has 1 aromatic heterocycles. The van der Waals surface area contributed by atoms with Crippen molar-refractivity contribution < 1.29 is 4.84 Å². The molecule has 0 radical (unpaired) electrons. The topological polar surface area (TPSA) is 47.4 Å². The third kappa shape index (κ3) is 2.77. The maximum Gasteiger partial charge on any atom is 0.106 e. The van der Waals surface area contributed by atoms with Crippen LogP contribution < -0.4 is 0 Å². The number of fused-ring (bicyclic) bond motifs is 1. The van der Waals surface area contributed by atoms with Gasteiger partial charge < -0.3 is 4.84 Å². The predicted octanol–water partition coefficient (Wildman–Crippen LogP) is 4.15. The Morgan fingerprint density at radius 1 is 1.18 bits per heavy atom. The van der Waals surface area contributed by atoms with Crippen molar-refractivity contribution in [3.8, 4) is 11.3 Å². The van der Waals surface area contributed by atoms with Gasteiger partial charge in [-0.1, -0.05) is 40.1 Å². The molecule has 4 nitrogen and oxygen atoms in total. The number of hydrogen-bond donors (Lipinski definition) is 0. The first kappa shape index (κ1) is 15.2. The van der Waals surface area contributed by atoms with E-state index in [2.05, 4.69) is 45.1 Å². The van der Waals surface area contributed by atoms with Crippen molar-refractivity contribution >= 4 is 21.6 Å². The summed E-state index contributed by atoms with van der Waals surface area (Å²) in [5.41, 5.74) is 6.19. The molecule has 1 aromatic carbocycles. The lowest BCUT2D eigenvalue weighted by molar-refractivity contribution is 0.212. The van der Waals surface area contributed by atoms with Crippen LogP contribution in [0.25, 0.3) is 11.3 Å². The number of halogens is 1. The molecule has 0 aliphatic heterocycles.